The number of methoxy groups -OCH3 is 1. The van der Waals surface area contributed by atoms with Crippen LogP contribution in [0.4, 0.5) is 11.8 Å². The highest BCUT2D eigenvalue weighted by molar-refractivity contribution is 5.98. The van der Waals surface area contributed by atoms with Crippen molar-refractivity contribution in [3.8, 4) is 0 Å². The van der Waals surface area contributed by atoms with Gasteiger partial charge in [-0.1, -0.05) is 30.3 Å². The SMILES string of the molecule is COC(=O)C(C)(Cc1ccccc1)n1ncc2c(NCC(=O)c3ccco3)nc(N)nc21. The monoisotopic (exact) mass is 434 g/mol. The molecule has 0 aliphatic carbocycles. The smallest absolute Gasteiger partial charge is 0.333 e. The van der Waals surface area contributed by atoms with Gasteiger partial charge < -0.3 is 20.2 Å². The predicted molar refractivity (Wildman–Crippen MR) is 117 cm³/mol. The molecular formula is C22H22N6O4. The summed E-state index contributed by atoms with van der Waals surface area (Å²) in [4.78, 5) is 33.7. The number of benzene rings is 1. The van der Waals surface area contributed by atoms with Gasteiger partial charge in [-0.25, -0.2) is 9.48 Å². The Kier molecular flexibility index (Phi) is 5.59. The number of carbonyl (C=O) groups excluding carboxylic acids is 2. The van der Waals surface area contributed by atoms with Gasteiger partial charge in [0.25, 0.3) is 0 Å². The minimum atomic E-state index is -1.19. The molecule has 1 aromatic carbocycles. The molecule has 1 atom stereocenters. The van der Waals surface area contributed by atoms with Crippen LogP contribution in [-0.2, 0) is 21.5 Å². The molecule has 4 aromatic rings. The van der Waals surface area contributed by atoms with Crippen molar-refractivity contribution in [2.75, 3.05) is 24.7 Å². The van der Waals surface area contributed by atoms with Crippen molar-refractivity contribution in [2.45, 2.75) is 18.9 Å². The Labute approximate surface area is 183 Å². The van der Waals surface area contributed by atoms with E-state index in [9.17, 15) is 9.59 Å². The van der Waals surface area contributed by atoms with Gasteiger partial charge in [0, 0.05) is 6.42 Å². The van der Waals surface area contributed by atoms with Gasteiger partial charge in [-0.05, 0) is 24.6 Å². The Morgan fingerprint density at radius 3 is 2.66 bits per heavy atom. The summed E-state index contributed by atoms with van der Waals surface area (Å²) in [7, 11) is 1.33. The van der Waals surface area contributed by atoms with Crippen LogP contribution in [0.15, 0.2) is 59.3 Å². The second-order valence-electron chi connectivity index (χ2n) is 7.41. The van der Waals surface area contributed by atoms with Crippen LogP contribution in [0.3, 0.4) is 0 Å². The largest absolute Gasteiger partial charge is 0.467 e. The van der Waals surface area contributed by atoms with Crippen LogP contribution in [0.5, 0.6) is 0 Å². The predicted octanol–water partition coefficient (Wildman–Crippen LogP) is 2.43. The highest BCUT2D eigenvalue weighted by atomic mass is 16.5. The second-order valence-corrected chi connectivity index (χ2v) is 7.41. The lowest BCUT2D eigenvalue weighted by Crippen LogP contribution is -2.43. The summed E-state index contributed by atoms with van der Waals surface area (Å²) >= 11 is 0. The summed E-state index contributed by atoms with van der Waals surface area (Å²) in [6, 6.07) is 12.7. The van der Waals surface area contributed by atoms with Crippen LogP contribution in [0.1, 0.15) is 23.0 Å². The lowest BCUT2D eigenvalue weighted by atomic mass is 9.93. The van der Waals surface area contributed by atoms with E-state index in [2.05, 4.69) is 20.4 Å². The number of nitrogens with zero attached hydrogens (tertiary/aromatic N) is 4. The van der Waals surface area contributed by atoms with E-state index >= 15 is 0 Å². The first-order chi connectivity index (χ1) is 15.4. The Bertz CT molecular complexity index is 1250. The van der Waals surface area contributed by atoms with E-state index in [-0.39, 0.29) is 24.0 Å². The third-order valence-corrected chi connectivity index (χ3v) is 5.14. The summed E-state index contributed by atoms with van der Waals surface area (Å²) in [5, 5.41) is 7.90. The number of ether oxygens (including phenoxy) is 1. The van der Waals surface area contributed by atoms with Crippen molar-refractivity contribution in [1.82, 2.24) is 19.7 Å². The average molecular weight is 434 g/mol. The number of anilines is 2. The first kappa shape index (κ1) is 21.0. The number of esters is 1. The molecule has 1 unspecified atom stereocenters. The highest BCUT2D eigenvalue weighted by Crippen LogP contribution is 2.29. The van der Waals surface area contributed by atoms with E-state index in [4.69, 9.17) is 14.9 Å². The van der Waals surface area contributed by atoms with E-state index in [1.807, 2.05) is 30.3 Å². The zero-order valence-electron chi connectivity index (χ0n) is 17.6. The number of hydrogen-bond acceptors (Lipinski definition) is 9. The van der Waals surface area contributed by atoms with Gasteiger partial charge in [-0.3, -0.25) is 4.79 Å². The molecule has 0 aliphatic rings. The number of nitrogen functional groups attached to an aromatic ring is 1. The Hall–Kier alpha value is -4.21. The number of hydrogen-bond donors (Lipinski definition) is 2. The minimum absolute atomic E-state index is 0.0286. The second kappa shape index (κ2) is 8.50. The van der Waals surface area contributed by atoms with Crippen molar-refractivity contribution in [3.05, 3.63) is 66.2 Å². The van der Waals surface area contributed by atoms with Crippen LogP contribution in [-0.4, -0.2) is 45.2 Å². The van der Waals surface area contributed by atoms with E-state index in [0.717, 1.165) is 5.56 Å². The normalized spacial score (nSPS) is 12.9. The third-order valence-electron chi connectivity index (χ3n) is 5.14. The van der Waals surface area contributed by atoms with Crippen LogP contribution in [0.25, 0.3) is 11.0 Å². The fraction of sp³-hybridized carbons (Fsp3) is 0.227. The molecule has 10 nitrogen and oxygen atoms in total. The van der Waals surface area contributed by atoms with E-state index < -0.39 is 11.5 Å². The molecule has 0 saturated carbocycles. The number of nitrogens with two attached hydrogens (primary N) is 1. The maximum absolute atomic E-state index is 12.9. The minimum Gasteiger partial charge on any atom is -0.467 e. The van der Waals surface area contributed by atoms with Crippen LogP contribution < -0.4 is 11.1 Å². The van der Waals surface area contributed by atoms with Gasteiger partial charge in [0.15, 0.2) is 16.9 Å². The number of Topliss-reactive ketones (excluding diaryl/α,β-unsaturated/α-hetero) is 1. The Morgan fingerprint density at radius 2 is 1.97 bits per heavy atom. The third kappa shape index (κ3) is 3.89. The van der Waals surface area contributed by atoms with Crippen molar-refractivity contribution in [2.24, 2.45) is 0 Å². The molecule has 3 N–H and O–H groups in total. The maximum atomic E-state index is 12.9. The topological polar surface area (TPSA) is 138 Å². The molecule has 3 aromatic heterocycles. The van der Waals surface area contributed by atoms with Crippen molar-refractivity contribution >= 4 is 34.6 Å². The average Bonchev–Trinajstić information content (AvgIpc) is 3.47. The van der Waals surface area contributed by atoms with Crippen molar-refractivity contribution in [1.29, 1.82) is 0 Å². The highest BCUT2D eigenvalue weighted by Gasteiger charge is 2.39. The number of ketones is 1. The van der Waals surface area contributed by atoms with Crippen molar-refractivity contribution in [3.63, 3.8) is 0 Å². The number of fused-ring (bicyclic) bond motifs is 1. The standard InChI is InChI=1S/C22H22N6O4/c1-22(20(30)31-2,11-14-7-4-3-5-8-14)28-19-15(12-25-28)18(26-21(23)27-19)24-13-16(29)17-9-6-10-32-17/h3-10,12H,11,13H2,1-2H3,(H3,23,24,26,27). The molecule has 0 saturated heterocycles. The van der Waals surface area contributed by atoms with Crippen LogP contribution in [0.2, 0.25) is 0 Å². The Morgan fingerprint density at radius 1 is 1.19 bits per heavy atom. The zero-order valence-corrected chi connectivity index (χ0v) is 17.6. The molecule has 10 heteroatoms. The molecule has 0 spiro atoms. The maximum Gasteiger partial charge on any atom is 0.333 e. The van der Waals surface area contributed by atoms with Crippen LogP contribution in [0, 0.1) is 0 Å². The molecule has 164 valence electrons. The molecule has 0 bridgehead atoms. The first-order valence-electron chi connectivity index (χ1n) is 9.87. The zero-order chi connectivity index (χ0) is 22.7. The van der Waals surface area contributed by atoms with Crippen molar-refractivity contribution < 1.29 is 18.7 Å². The van der Waals surface area contributed by atoms with Crippen LogP contribution >= 0.6 is 0 Å². The molecule has 0 fully saturated rings. The summed E-state index contributed by atoms with van der Waals surface area (Å²) in [5.74, 6) is -0.209. The Balaban J connectivity index is 1.72. The van der Waals surface area contributed by atoms with Gasteiger partial charge in [0.2, 0.25) is 11.7 Å². The van der Waals surface area contributed by atoms with E-state index in [1.165, 1.54) is 24.3 Å². The van der Waals surface area contributed by atoms with Gasteiger partial charge in [-0.15, -0.1) is 0 Å². The summed E-state index contributed by atoms with van der Waals surface area (Å²) in [5.41, 5.74) is 6.01. The fourth-order valence-corrected chi connectivity index (χ4v) is 3.56. The summed E-state index contributed by atoms with van der Waals surface area (Å²) < 4.78 is 11.7. The summed E-state index contributed by atoms with van der Waals surface area (Å²) in [6.07, 6.45) is 3.28. The molecule has 4 rings (SSSR count). The lowest BCUT2D eigenvalue weighted by molar-refractivity contribution is -0.150. The number of rotatable bonds is 8. The van der Waals surface area contributed by atoms with Gasteiger partial charge in [-0.2, -0.15) is 15.1 Å². The fourth-order valence-electron chi connectivity index (χ4n) is 3.56. The molecule has 0 radical (unpaired) electrons. The molecule has 32 heavy (non-hydrogen) atoms. The van der Waals surface area contributed by atoms with Gasteiger partial charge >= 0.3 is 5.97 Å². The van der Waals surface area contributed by atoms with E-state index in [1.54, 1.807) is 19.1 Å². The molecular weight excluding hydrogens is 412 g/mol. The molecule has 0 amide bonds. The molecule has 0 aliphatic heterocycles. The number of nitrogens with one attached hydrogen (secondary N) is 1. The number of aromatic nitrogens is 4. The first-order valence-corrected chi connectivity index (χ1v) is 9.87. The number of furan rings is 1. The van der Waals surface area contributed by atoms with Gasteiger partial charge in [0.1, 0.15) is 5.82 Å². The lowest BCUT2D eigenvalue weighted by Gasteiger charge is -2.27. The number of carbonyl (C=O) groups is 2. The molecule has 3 heterocycles. The van der Waals surface area contributed by atoms with E-state index in [0.29, 0.717) is 23.3 Å². The van der Waals surface area contributed by atoms with Gasteiger partial charge in [0.05, 0.1) is 31.5 Å². The quantitative estimate of drug-likeness (QED) is 0.316. The summed E-state index contributed by atoms with van der Waals surface area (Å²) in [6.45, 7) is 1.66.